The Kier molecular flexibility index (Phi) is 2.58. The maximum absolute atomic E-state index is 5.13. The van der Waals surface area contributed by atoms with Gasteiger partial charge in [0.2, 0.25) is 0 Å². The van der Waals surface area contributed by atoms with Crippen molar-refractivity contribution in [3.05, 3.63) is 24.1 Å². The maximum Gasteiger partial charge on any atom is 0.137 e. The lowest BCUT2D eigenvalue weighted by Crippen LogP contribution is -2.18. The van der Waals surface area contributed by atoms with Crippen molar-refractivity contribution in [3.63, 3.8) is 0 Å². The first kappa shape index (κ1) is 8.18. The SMILES string of the molecule is C=C1NC[C@@H](C)CC=C1OC. The molecule has 0 spiro atoms. The molecule has 0 radical (unpaired) electrons. The molecule has 0 fully saturated rings. The Morgan fingerprint density at radius 2 is 2.45 bits per heavy atom. The Morgan fingerprint density at radius 1 is 1.73 bits per heavy atom. The summed E-state index contributed by atoms with van der Waals surface area (Å²) in [6, 6.07) is 0. The van der Waals surface area contributed by atoms with E-state index >= 15 is 0 Å². The monoisotopic (exact) mass is 153 g/mol. The second-order valence-corrected chi connectivity index (χ2v) is 2.97. The van der Waals surface area contributed by atoms with Gasteiger partial charge >= 0.3 is 0 Å². The molecule has 0 aliphatic carbocycles. The molecular formula is C9H15NO. The van der Waals surface area contributed by atoms with Crippen molar-refractivity contribution in [2.24, 2.45) is 5.92 Å². The van der Waals surface area contributed by atoms with Crippen molar-refractivity contribution in [1.82, 2.24) is 5.32 Å². The zero-order valence-corrected chi connectivity index (χ0v) is 7.18. The van der Waals surface area contributed by atoms with Gasteiger partial charge in [-0.1, -0.05) is 13.5 Å². The van der Waals surface area contributed by atoms with E-state index in [0.29, 0.717) is 5.92 Å². The third-order valence-corrected chi connectivity index (χ3v) is 1.89. The fourth-order valence-corrected chi connectivity index (χ4v) is 1.11. The molecular weight excluding hydrogens is 138 g/mol. The van der Waals surface area contributed by atoms with Crippen LogP contribution < -0.4 is 5.32 Å². The van der Waals surface area contributed by atoms with Crippen molar-refractivity contribution in [3.8, 4) is 0 Å². The van der Waals surface area contributed by atoms with Crippen LogP contribution in [0.2, 0.25) is 0 Å². The molecule has 1 aliphatic rings. The van der Waals surface area contributed by atoms with E-state index in [0.717, 1.165) is 24.4 Å². The van der Waals surface area contributed by atoms with Crippen molar-refractivity contribution in [2.45, 2.75) is 13.3 Å². The van der Waals surface area contributed by atoms with E-state index in [-0.39, 0.29) is 0 Å². The van der Waals surface area contributed by atoms with E-state index < -0.39 is 0 Å². The van der Waals surface area contributed by atoms with Crippen LogP contribution in [0.15, 0.2) is 24.1 Å². The Bertz CT molecular complexity index is 184. The summed E-state index contributed by atoms with van der Waals surface area (Å²) in [4.78, 5) is 0. The molecule has 1 aliphatic heterocycles. The first-order valence-corrected chi connectivity index (χ1v) is 3.91. The van der Waals surface area contributed by atoms with Crippen LogP contribution in [-0.4, -0.2) is 13.7 Å². The summed E-state index contributed by atoms with van der Waals surface area (Å²) in [6.07, 6.45) is 3.15. The molecule has 1 heterocycles. The number of hydrogen-bond acceptors (Lipinski definition) is 2. The largest absolute Gasteiger partial charge is 0.495 e. The van der Waals surface area contributed by atoms with Gasteiger partial charge < -0.3 is 10.1 Å². The fraction of sp³-hybridized carbons (Fsp3) is 0.556. The standard InChI is InChI=1S/C9H15NO/c1-7-4-5-9(11-3)8(2)10-6-7/h5,7,10H,2,4,6H2,1,3H3/t7-/m0/s1. The predicted octanol–water partition coefficient (Wildman–Crippen LogP) is 1.66. The van der Waals surface area contributed by atoms with Gasteiger partial charge in [-0.3, -0.25) is 0 Å². The minimum atomic E-state index is 0.666. The summed E-state index contributed by atoms with van der Waals surface area (Å²) in [5, 5.41) is 3.21. The summed E-state index contributed by atoms with van der Waals surface area (Å²) in [6.45, 7) is 7.05. The van der Waals surface area contributed by atoms with Crippen LogP contribution in [-0.2, 0) is 4.74 Å². The van der Waals surface area contributed by atoms with Gasteiger partial charge in [0.25, 0.3) is 0 Å². The maximum atomic E-state index is 5.13. The molecule has 0 aromatic rings. The summed E-state index contributed by atoms with van der Waals surface area (Å²) >= 11 is 0. The number of allylic oxidation sites excluding steroid dienone is 1. The number of rotatable bonds is 1. The van der Waals surface area contributed by atoms with Crippen molar-refractivity contribution in [2.75, 3.05) is 13.7 Å². The highest BCUT2D eigenvalue weighted by Gasteiger charge is 2.09. The second kappa shape index (κ2) is 3.46. The van der Waals surface area contributed by atoms with Crippen LogP contribution in [0.3, 0.4) is 0 Å². The lowest BCUT2D eigenvalue weighted by Gasteiger charge is -2.09. The quantitative estimate of drug-likeness (QED) is 0.618. The fourth-order valence-electron chi connectivity index (χ4n) is 1.11. The van der Waals surface area contributed by atoms with Gasteiger partial charge in [-0.25, -0.2) is 0 Å². The van der Waals surface area contributed by atoms with Crippen LogP contribution in [0.25, 0.3) is 0 Å². The molecule has 62 valence electrons. The van der Waals surface area contributed by atoms with Gasteiger partial charge in [0.1, 0.15) is 5.76 Å². The lowest BCUT2D eigenvalue weighted by atomic mass is 10.1. The van der Waals surface area contributed by atoms with E-state index in [1.807, 2.05) is 0 Å². The van der Waals surface area contributed by atoms with Gasteiger partial charge in [-0.05, 0) is 18.4 Å². The number of ether oxygens (including phenoxy) is 1. The summed E-state index contributed by atoms with van der Waals surface area (Å²) in [5.74, 6) is 1.55. The number of hydrogen-bond donors (Lipinski definition) is 1. The zero-order valence-electron chi connectivity index (χ0n) is 7.18. The van der Waals surface area contributed by atoms with Gasteiger partial charge in [-0.15, -0.1) is 0 Å². The molecule has 0 saturated carbocycles. The van der Waals surface area contributed by atoms with Crippen LogP contribution in [0.1, 0.15) is 13.3 Å². The average molecular weight is 153 g/mol. The van der Waals surface area contributed by atoms with Crippen LogP contribution in [0.5, 0.6) is 0 Å². The summed E-state index contributed by atoms with van der Waals surface area (Å²) in [5.41, 5.74) is 0.900. The molecule has 0 saturated heterocycles. The van der Waals surface area contributed by atoms with Crippen molar-refractivity contribution >= 4 is 0 Å². The minimum Gasteiger partial charge on any atom is -0.495 e. The van der Waals surface area contributed by atoms with Crippen LogP contribution in [0.4, 0.5) is 0 Å². The molecule has 1 atom stereocenters. The summed E-state index contributed by atoms with van der Waals surface area (Å²) in [7, 11) is 1.68. The Balaban J connectivity index is 2.66. The molecule has 11 heavy (non-hydrogen) atoms. The number of methoxy groups -OCH3 is 1. The highest BCUT2D eigenvalue weighted by atomic mass is 16.5. The molecule has 2 heteroatoms. The number of nitrogens with one attached hydrogen (secondary N) is 1. The third-order valence-electron chi connectivity index (χ3n) is 1.89. The normalized spacial score (nSPS) is 25.1. The summed E-state index contributed by atoms with van der Waals surface area (Å²) < 4.78 is 5.13. The highest BCUT2D eigenvalue weighted by Crippen LogP contribution is 2.14. The molecule has 0 aromatic carbocycles. The minimum absolute atomic E-state index is 0.666. The first-order valence-electron chi connectivity index (χ1n) is 3.91. The smallest absolute Gasteiger partial charge is 0.137 e. The highest BCUT2D eigenvalue weighted by molar-refractivity contribution is 5.22. The van der Waals surface area contributed by atoms with Crippen LogP contribution in [0, 0.1) is 5.92 Å². The molecule has 0 aromatic heterocycles. The van der Waals surface area contributed by atoms with Gasteiger partial charge in [0, 0.05) is 6.54 Å². The molecule has 2 nitrogen and oxygen atoms in total. The molecule has 0 unspecified atom stereocenters. The topological polar surface area (TPSA) is 21.3 Å². The third kappa shape index (κ3) is 2.00. The van der Waals surface area contributed by atoms with E-state index in [9.17, 15) is 0 Å². The van der Waals surface area contributed by atoms with E-state index in [4.69, 9.17) is 4.74 Å². The van der Waals surface area contributed by atoms with E-state index in [1.165, 1.54) is 0 Å². The van der Waals surface area contributed by atoms with E-state index in [2.05, 4.69) is 24.9 Å². The first-order chi connectivity index (χ1) is 5.24. The van der Waals surface area contributed by atoms with Crippen molar-refractivity contribution < 1.29 is 4.74 Å². The molecule has 1 rings (SSSR count). The molecule has 0 bridgehead atoms. The van der Waals surface area contributed by atoms with Gasteiger partial charge in [0.05, 0.1) is 12.8 Å². The average Bonchev–Trinajstić information content (AvgIpc) is 2.15. The Morgan fingerprint density at radius 3 is 3.09 bits per heavy atom. The van der Waals surface area contributed by atoms with E-state index in [1.54, 1.807) is 7.11 Å². The second-order valence-electron chi connectivity index (χ2n) is 2.97. The molecule has 0 amide bonds. The van der Waals surface area contributed by atoms with Gasteiger partial charge in [0.15, 0.2) is 0 Å². The lowest BCUT2D eigenvalue weighted by molar-refractivity contribution is 0.296. The Labute approximate surface area is 67.9 Å². The molecule has 1 N–H and O–H groups in total. The Hall–Kier alpha value is -0.920. The zero-order chi connectivity index (χ0) is 8.27. The van der Waals surface area contributed by atoms with Crippen LogP contribution >= 0.6 is 0 Å². The van der Waals surface area contributed by atoms with Crippen molar-refractivity contribution in [1.29, 1.82) is 0 Å². The van der Waals surface area contributed by atoms with Gasteiger partial charge in [-0.2, -0.15) is 0 Å². The predicted molar refractivity (Wildman–Crippen MR) is 46.0 cm³/mol.